The van der Waals surface area contributed by atoms with E-state index in [0.29, 0.717) is 12.5 Å². The highest BCUT2D eigenvalue weighted by Gasteiger charge is 2.19. The van der Waals surface area contributed by atoms with Gasteiger partial charge >= 0.3 is 0 Å². The first-order valence-corrected chi connectivity index (χ1v) is 6.84. The van der Waals surface area contributed by atoms with Crippen LogP contribution in [0.25, 0.3) is 0 Å². The minimum Gasteiger partial charge on any atom is -0.372 e. The zero-order chi connectivity index (χ0) is 12.5. The molecule has 0 aromatic heterocycles. The molecule has 4 heteroatoms. The highest BCUT2D eigenvalue weighted by atomic mass is 16.5. The van der Waals surface area contributed by atoms with Crippen molar-refractivity contribution in [2.75, 3.05) is 39.4 Å². The molecule has 1 fully saturated rings. The van der Waals surface area contributed by atoms with Gasteiger partial charge in [0, 0.05) is 19.7 Å². The summed E-state index contributed by atoms with van der Waals surface area (Å²) >= 11 is 0. The SMILES string of the molecule is CCCN(CC1CCNCC1)C(=O)COCC. The third-order valence-corrected chi connectivity index (χ3v) is 3.21. The first kappa shape index (κ1) is 14.5. The molecule has 1 aliphatic heterocycles. The molecule has 1 rings (SSSR count). The Morgan fingerprint density at radius 2 is 2.06 bits per heavy atom. The molecule has 0 aliphatic carbocycles. The lowest BCUT2D eigenvalue weighted by Gasteiger charge is -2.30. The Morgan fingerprint density at radius 3 is 2.65 bits per heavy atom. The van der Waals surface area contributed by atoms with Crippen LogP contribution in [0.1, 0.15) is 33.1 Å². The monoisotopic (exact) mass is 242 g/mol. The van der Waals surface area contributed by atoms with Crippen LogP contribution in [0.2, 0.25) is 0 Å². The standard InChI is InChI=1S/C13H26N2O2/c1-3-9-15(13(16)11-17-4-2)10-12-5-7-14-8-6-12/h12,14H,3-11H2,1-2H3. The predicted octanol–water partition coefficient (Wildman–Crippen LogP) is 1.26. The van der Waals surface area contributed by atoms with Crippen LogP contribution in [-0.2, 0) is 9.53 Å². The van der Waals surface area contributed by atoms with Crippen molar-refractivity contribution >= 4 is 5.91 Å². The lowest BCUT2D eigenvalue weighted by Crippen LogP contribution is -2.41. The Kier molecular flexibility index (Phi) is 7.21. The van der Waals surface area contributed by atoms with Gasteiger partial charge in [-0.3, -0.25) is 4.79 Å². The molecule has 0 saturated carbocycles. The van der Waals surface area contributed by atoms with E-state index in [4.69, 9.17) is 4.74 Å². The van der Waals surface area contributed by atoms with E-state index >= 15 is 0 Å². The second-order valence-electron chi connectivity index (χ2n) is 4.67. The van der Waals surface area contributed by atoms with Gasteiger partial charge in [-0.2, -0.15) is 0 Å². The number of hydrogen-bond donors (Lipinski definition) is 1. The van der Waals surface area contributed by atoms with Gasteiger partial charge in [-0.25, -0.2) is 0 Å². The number of nitrogens with one attached hydrogen (secondary N) is 1. The van der Waals surface area contributed by atoms with Crippen molar-refractivity contribution in [3.63, 3.8) is 0 Å². The Hall–Kier alpha value is -0.610. The van der Waals surface area contributed by atoms with E-state index < -0.39 is 0 Å². The van der Waals surface area contributed by atoms with Crippen LogP contribution in [0.5, 0.6) is 0 Å². The lowest BCUT2D eigenvalue weighted by atomic mass is 9.97. The van der Waals surface area contributed by atoms with Crippen LogP contribution in [0.3, 0.4) is 0 Å². The maximum absolute atomic E-state index is 12.0. The van der Waals surface area contributed by atoms with E-state index in [9.17, 15) is 4.79 Å². The summed E-state index contributed by atoms with van der Waals surface area (Å²) in [6.07, 6.45) is 3.38. The van der Waals surface area contributed by atoms with Crippen LogP contribution >= 0.6 is 0 Å². The van der Waals surface area contributed by atoms with Crippen LogP contribution in [0.4, 0.5) is 0 Å². The van der Waals surface area contributed by atoms with E-state index in [1.54, 1.807) is 0 Å². The molecule has 1 saturated heterocycles. The molecule has 0 spiro atoms. The number of rotatable bonds is 7. The molecule has 0 atom stereocenters. The molecule has 1 N–H and O–H groups in total. The van der Waals surface area contributed by atoms with Crippen LogP contribution in [0.15, 0.2) is 0 Å². The van der Waals surface area contributed by atoms with Crippen molar-refractivity contribution in [3.8, 4) is 0 Å². The molecule has 4 nitrogen and oxygen atoms in total. The number of hydrogen-bond acceptors (Lipinski definition) is 3. The highest BCUT2D eigenvalue weighted by molar-refractivity contribution is 5.77. The van der Waals surface area contributed by atoms with Gasteiger partial charge in [-0.1, -0.05) is 6.92 Å². The molecule has 0 aromatic carbocycles. The van der Waals surface area contributed by atoms with Gasteiger partial charge < -0.3 is 15.0 Å². The lowest BCUT2D eigenvalue weighted by molar-refractivity contribution is -0.136. The third-order valence-electron chi connectivity index (χ3n) is 3.21. The van der Waals surface area contributed by atoms with Gasteiger partial charge in [0.1, 0.15) is 6.61 Å². The maximum Gasteiger partial charge on any atom is 0.248 e. The van der Waals surface area contributed by atoms with Crippen molar-refractivity contribution in [1.29, 1.82) is 0 Å². The first-order valence-electron chi connectivity index (χ1n) is 6.84. The Labute approximate surface area is 105 Å². The van der Waals surface area contributed by atoms with Gasteiger partial charge in [0.2, 0.25) is 5.91 Å². The summed E-state index contributed by atoms with van der Waals surface area (Å²) in [5.41, 5.74) is 0. The van der Waals surface area contributed by atoms with Gasteiger partial charge in [0.05, 0.1) is 0 Å². The van der Waals surface area contributed by atoms with Crippen LogP contribution in [0, 0.1) is 5.92 Å². The van der Waals surface area contributed by atoms with Crippen molar-refractivity contribution in [3.05, 3.63) is 0 Å². The summed E-state index contributed by atoms with van der Waals surface area (Å²) in [6, 6.07) is 0. The number of piperidine rings is 1. The Bertz CT molecular complexity index is 215. The summed E-state index contributed by atoms with van der Waals surface area (Å²) < 4.78 is 5.21. The molecule has 1 amide bonds. The van der Waals surface area contributed by atoms with Gasteiger partial charge in [0.25, 0.3) is 0 Å². The van der Waals surface area contributed by atoms with Crippen molar-refractivity contribution in [2.45, 2.75) is 33.1 Å². The summed E-state index contributed by atoms with van der Waals surface area (Å²) in [5, 5.41) is 3.36. The van der Waals surface area contributed by atoms with E-state index in [2.05, 4.69) is 12.2 Å². The molecule has 0 unspecified atom stereocenters. The smallest absolute Gasteiger partial charge is 0.248 e. The number of amides is 1. The number of carbonyl (C=O) groups is 1. The first-order chi connectivity index (χ1) is 8.27. The summed E-state index contributed by atoms with van der Waals surface area (Å²) in [6.45, 7) is 8.82. The van der Waals surface area contributed by atoms with E-state index in [1.165, 1.54) is 12.8 Å². The Balaban J connectivity index is 2.37. The molecule has 1 heterocycles. The van der Waals surface area contributed by atoms with Gasteiger partial charge in [-0.15, -0.1) is 0 Å². The molecule has 17 heavy (non-hydrogen) atoms. The molecule has 100 valence electrons. The van der Waals surface area contributed by atoms with E-state index in [1.807, 2.05) is 11.8 Å². The summed E-state index contributed by atoms with van der Waals surface area (Å²) in [4.78, 5) is 13.9. The zero-order valence-corrected chi connectivity index (χ0v) is 11.2. The quantitative estimate of drug-likeness (QED) is 0.731. The molecular weight excluding hydrogens is 216 g/mol. The van der Waals surface area contributed by atoms with E-state index in [0.717, 1.165) is 32.6 Å². The second kappa shape index (κ2) is 8.48. The van der Waals surface area contributed by atoms with Gasteiger partial charge in [-0.05, 0) is 45.2 Å². The van der Waals surface area contributed by atoms with E-state index in [-0.39, 0.29) is 12.5 Å². The minimum atomic E-state index is 0.146. The minimum absolute atomic E-state index is 0.146. The van der Waals surface area contributed by atoms with Crippen LogP contribution in [-0.4, -0.2) is 50.2 Å². The fraction of sp³-hybridized carbons (Fsp3) is 0.923. The van der Waals surface area contributed by atoms with Crippen molar-refractivity contribution in [2.24, 2.45) is 5.92 Å². The summed E-state index contributed by atoms with van der Waals surface area (Å²) in [7, 11) is 0. The average molecular weight is 242 g/mol. The maximum atomic E-state index is 12.0. The third kappa shape index (κ3) is 5.50. The molecule has 0 aromatic rings. The average Bonchev–Trinajstić information content (AvgIpc) is 2.36. The predicted molar refractivity (Wildman–Crippen MR) is 69.0 cm³/mol. The number of ether oxygens (including phenoxy) is 1. The largest absolute Gasteiger partial charge is 0.372 e. The fourth-order valence-corrected chi connectivity index (χ4v) is 2.24. The van der Waals surface area contributed by atoms with Crippen LogP contribution < -0.4 is 5.32 Å². The fourth-order valence-electron chi connectivity index (χ4n) is 2.24. The number of carbonyl (C=O) groups excluding carboxylic acids is 1. The molecule has 0 radical (unpaired) electrons. The molecule has 0 bridgehead atoms. The second-order valence-corrected chi connectivity index (χ2v) is 4.67. The van der Waals surface area contributed by atoms with Crippen molar-refractivity contribution in [1.82, 2.24) is 10.2 Å². The highest BCUT2D eigenvalue weighted by Crippen LogP contribution is 2.13. The summed E-state index contributed by atoms with van der Waals surface area (Å²) in [5.74, 6) is 0.806. The molecular formula is C13H26N2O2. The zero-order valence-electron chi connectivity index (χ0n) is 11.2. The Morgan fingerprint density at radius 1 is 1.35 bits per heavy atom. The normalized spacial score (nSPS) is 17.1. The van der Waals surface area contributed by atoms with Crippen molar-refractivity contribution < 1.29 is 9.53 Å². The topological polar surface area (TPSA) is 41.6 Å². The molecule has 1 aliphatic rings. The van der Waals surface area contributed by atoms with Gasteiger partial charge in [0.15, 0.2) is 0 Å². The number of nitrogens with zero attached hydrogens (tertiary/aromatic N) is 1.